The van der Waals surface area contributed by atoms with E-state index in [-0.39, 0.29) is 40.4 Å². The van der Waals surface area contributed by atoms with Gasteiger partial charge in [-0.05, 0) is 48.9 Å². The highest BCUT2D eigenvalue weighted by Gasteiger charge is 2.30. The third-order valence-electron chi connectivity index (χ3n) is 5.28. The van der Waals surface area contributed by atoms with Crippen molar-refractivity contribution in [1.29, 1.82) is 0 Å². The highest BCUT2D eigenvalue weighted by molar-refractivity contribution is 7.91. The lowest BCUT2D eigenvalue weighted by Crippen LogP contribution is -2.28. The average molecular weight is 510 g/mol. The maximum absolute atomic E-state index is 13.5. The Hall–Kier alpha value is -3.82. The predicted octanol–water partition coefficient (Wildman–Crippen LogP) is 4.32. The molecule has 4 rings (SSSR count). The van der Waals surface area contributed by atoms with Crippen LogP contribution in [0.5, 0.6) is 0 Å². The van der Waals surface area contributed by atoms with Crippen LogP contribution in [0.25, 0.3) is 0 Å². The van der Waals surface area contributed by atoms with Crippen molar-refractivity contribution in [3.05, 3.63) is 95.0 Å². The van der Waals surface area contributed by atoms with Crippen LogP contribution in [0.3, 0.4) is 0 Å². The molecule has 0 saturated heterocycles. The molecule has 0 aliphatic carbocycles. The number of nitrogens with two attached hydrogens (primary N) is 1. The SMILES string of the molecule is Cc1ccc(Nc2nn(CC(=O)NCc3ccc(Cl)cc3)c(N)c2S(=O)(=O)c2ccccc2)cc1. The summed E-state index contributed by atoms with van der Waals surface area (Å²) in [6, 6.07) is 22.4. The van der Waals surface area contributed by atoms with Crippen molar-refractivity contribution in [2.45, 2.75) is 29.8 Å². The van der Waals surface area contributed by atoms with Gasteiger partial charge in [-0.2, -0.15) is 5.10 Å². The van der Waals surface area contributed by atoms with Crippen molar-refractivity contribution in [3.8, 4) is 0 Å². The van der Waals surface area contributed by atoms with E-state index in [1.54, 1.807) is 42.5 Å². The topological polar surface area (TPSA) is 119 Å². The molecule has 8 nitrogen and oxygen atoms in total. The minimum atomic E-state index is -4.02. The largest absolute Gasteiger partial charge is 0.383 e. The summed E-state index contributed by atoms with van der Waals surface area (Å²) in [5.41, 5.74) is 8.82. The molecule has 180 valence electrons. The van der Waals surface area contributed by atoms with Gasteiger partial charge in [0.1, 0.15) is 12.4 Å². The van der Waals surface area contributed by atoms with Crippen LogP contribution in [0.2, 0.25) is 5.02 Å². The number of nitrogens with zero attached hydrogens (tertiary/aromatic N) is 2. The fourth-order valence-electron chi connectivity index (χ4n) is 3.41. The average Bonchev–Trinajstić information content (AvgIpc) is 3.15. The summed E-state index contributed by atoms with van der Waals surface area (Å²) in [7, 11) is -4.02. The third kappa shape index (κ3) is 5.64. The number of carbonyl (C=O) groups is 1. The van der Waals surface area contributed by atoms with E-state index in [0.717, 1.165) is 11.1 Å². The molecule has 1 heterocycles. The fourth-order valence-corrected chi connectivity index (χ4v) is 5.02. The normalized spacial score (nSPS) is 11.3. The van der Waals surface area contributed by atoms with Gasteiger partial charge in [-0.3, -0.25) is 4.79 Å². The second kappa shape index (κ2) is 10.2. The molecule has 4 N–H and O–H groups in total. The van der Waals surface area contributed by atoms with Crippen molar-refractivity contribution in [2.24, 2.45) is 0 Å². The first-order valence-electron chi connectivity index (χ1n) is 10.8. The second-order valence-corrected chi connectivity index (χ2v) is 10.3. The van der Waals surface area contributed by atoms with Gasteiger partial charge >= 0.3 is 0 Å². The number of rotatable bonds is 8. The van der Waals surface area contributed by atoms with E-state index in [2.05, 4.69) is 15.7 Å². The van der Waals surface area contributed by atoms with Crippen molar-refractivity contribution >= 4 is 44.7 Å². The van der Waals surface area contributed by atoms with Gasteiger partial charge < -0.3 is 16.4 Å². The van der Waals surface area contributed by atoms with E-state index in [1.807, 2.05) is 31.2 Å². The summed E-state index contributed by atoms with van der Waals surface area (Å²) >= 11 is 5.90. The van der Waals surface area contributed by atoms with E-state index in [0.29, 0.717) is 10.7 Å². The summed E-state index contributed by atoms with van der Waals surface area (Å²) in [5, 5.41) is 10.8. The molecule has 35 heavy (non-hydrogen) atoms. The number of nitrogens with one attached hydrogen (secondary N) is 2. The zero-order valence-electron chi connectivity index (χ0n) is 18.9. The monoisotopic (exact) mass is 509 g/mol. The minimum Gasteiger partial charge on any atom is -0.383 e. The zero-order valence-corrected chi connectivity index (χ0v) is 20.5. The molecule has 0 fully saturated rings. The fraction of sp³-hybridized carbons (Fsp3) is 0.120. The number of halogens is 1. The molecule has 0 aliphatic rings. The summed E-state index contributed by atoms with van der Waals surface area (Å²) in [5.74, 6) is -0.467. The predicted molar refractivity (Wildman–Crippen MR) is 136 cm³/mol. The van der Waals surface area contributed by atoms with Gasteiger partial charge in [-0.1, -0.05) is 59.6 Å². The Kier molecular flexibility index (Phi) is 7.09. The lowest BCUT2D eigenvalue weighted by Gasteiger charge is -2.08. The smallest absolute Gasteiger partial charge is 0.242 e. The summed E-state index contributed by atoms with van der Waals surface area (Å²) < 4.78 is 28.1. The van der Waals surface area contributed by atoms with E-state index in [4.69, 9.17) is 17.3 Å². The van der Waals surface area contributed by atoms with Gasteiger partial charge in [0, 0.05) is 17.3 Å². The number of anilines is 3. The quantitative estimate of drug-likeness (QED) is 0.325. The number of sulfone groups is 1. The number of carbonyl (C=O) groups excluding carboxylic acids is 1. The lowest BCUT2D eigenvalue weighted by molar-refractivity contribution is -0.122. The number of amides is 1. The first-order valence-corrected chi connectivity index (χ1v) is 12.6. The molecular weight excluding hydrogens is 486 g/mol. The molecule has 1 amide bonds. The molecule has 0 radical (unpaired) electrons. The maximum Gasteiger partial charge on any atom is 0.242 e. The van der Waals surface area contributed by atoms with Gasteiger partial charge in [0.2, 0.25) is 15.7 Å². The molecular formula is C25H24ClN5O3S. The van der Waals surface area contributed by atoms with Crippen molar-refractivity contribution in [3.63, 3.8) is 0 Å². The number of nitrogen functional groups attached to an aromatic ring is 1. The number of benzene rings is 3. The Labute approximate surface area is 208 Å². The van der Waals surface area contributed by atoms with E-state index in [9.17, 15) is 13.2 Å². The van der Waals surface area contributed by atoms with E-state index >= 15 is 0 Å². The third-order valence-corrected chi connectivity index (χ3v) is 7.36. The van der Waals surface area contributed by atoms with Crippen LogP contribution in [0.4, 0.5) is 17.3 Å². The maximum atomic E-state index is 13.5. The van der Waals surface area contributed by atoms with Gasteiger partial charge in [0.15, 0.2) is 10.7 Å². The molecule has 0 atom stereocenters. The van der Waals surface area contributed by atoms with Crippen molar-refractivity contribution < 1.29 is 13.2 Å². The molecule has 10 heteroatoms. The van der Waals surface area contributed by atoms with Gasteiger partial charge in [-0.15, -0.1) is 0 Å². The first-order chi connectivity index (χ1) is 16.7. The summed E-state index contributed by atoms with van der Waals surface area (Å²) in [4.78, 5) is 12.5. The standard InChI is InChI=1S/C25H24ClN5O3S/c1-17-7-13-20(14-8-17)29-25-23(35(33,34)21-5-3-2-4-6-21)24(27)31(30-25)16-22(32)28-15-18-9-11-19(26)12-10-18/h2-14H,15-16,27H2,1H3,(H,28,32)(H,29,30). The zero-order chi connectivity index (χ0) is 25.0. The molecule has 0 unspecified atom stereocenters. The van der Waals surface area contributed by atoms with Gasteiger partial charge in [0.05, 0.1) is 4.90 Å². The molecule has 3 aromatic carbocycles. The summed E-state index contributed by atoms with van der Waals surface area (Å²) in [6.07, 6.45) is 0. The van der Waals surface area contributed by atoms with Crippen LogP contribution in [-0.4, -0.2) is 24.1 Å². The van der Waals surface area contributed by atoms with Crippen LogP contribution < -0.4 is 16.4 Å². The summed E-state index contributed by atoms with van der Waals surface area (Å²) in [6.45, 7) is 1.97. The second-order valence-electron chi connectivity index (χ2n) is 7.93. The highest BCUT2D eigenvalue weighted by atomic mass is 35.5. The Balaban J connectivity index is 1.64. The molecule has 0 bridgehead atoms. The Morgan fingerprint density at radius 3 is 2.31 bits per heavy atom. The Morgan fingerprint density at radius 2 is 1.66 bits per heavy atom. The van der Waals surface area contributed by atoms with Gasteiger partial charge in [0.25, 0.3) is 0 Å². The molecule has 4 aromatic rings. The highest BCUT2D eigenvalue weighted by Crippen LogP contribution is 2.34. The van der Waals surface area contributed by atoms with Crippen LogP contribution in [0.15, 0.2) is 88.7 Å². The number of aryl methyl sites for hydroxylation is 1. The number of aromatic nitrogens is 2. The minimum absolute atomic E-state index is 0.0423. The lowest BCUT2D eigenvalue weighted by atomic mass is 10.2. The van der Waals surface area contributed by atoms with Crippen molar-refractivity contribution in [2.75, 3.05) is 11.1 Å². The molecule has 1 aromatic heterocycles. The molecule has 0 saturated carbocycles. The van der Waals surface area contributed by atoms with Crippen LogP contribution in [-0.2, 0) is 27.7 Å². The van der Waals surface area contributed by atoms with E-state index < -0.39 is 9.84 Å². The first kappa shape index (κ1) is 24.3. The van der Waals surface area contributed by atoms with E-state index in [1.165, 1.54) is 16.8 Å². The van der Waals surface area contributed by atoms with Crippen LogP contribution >= 0.6 is 11.6 Å². The Bertz CT molecular complexity index is 1440. The molecule has 0 aliphatic heterocycles. The van der Waals surface area contributed by atoms with Crippen LogP contribution in [0, 0.1) is 6.92 Å². The number of hydrogen-bond donors (Lipinski definition) is 3. The number of hydrogen-bond acceptors (Lipinski definition) is 6. The Morgan fingerprint density at radius 1 is 1.00 bits per heavy atom. The van der Waals surface area contributed by atoms with Crippen molar-refractivity contribution in [1.82, 2.24) is 15.1 Å². The van der Waals surface area contributed by atoms with Gasteiger partial charge in [-0.25, -0.2) is 13.1 Å². The molecule has 0 spiro atoms. The van der Waals surface area contributed by atoms with Crippen LogP contribution in [0.1, 0.15) is 11.1 Å².